The van der Waals surface area contributed by atoms with E-state index in [4.69, 9.17) is 5.73 Å². The number of H-pyrrole nitrogens is 1. The Kier molecular flexibility index (Phi) is 0.884. The molecular formula is C9H13N3. The van der Waals surface area contributed by atoms with Crippen molar-refractivity contribution < 1.29 is 0 Å². The maximum absolute atomic E-state index is 5.98. The molecule has 3 nitrogen and oxygen atoms in total. The van der Waals surface area contributed by atoms with Gasteiger partial charge in [0.15, 0.2) is 0 Å². The maximum atomic E-state index is 5.98. The van der Waals surface area contributed by atoms with Crippen LogP contribution in [0.4, 0.5) is 0 Å². The van der Waals surface area contributed by atoms with Crippen LogP contribution < -0.4 is 5.73 Å². The van der Waals surface area contributed by atoms with Crippen LogP contribution in [0, 0.1) is 6.92 Å². The van der Waals surface area contributed by atoms with Gasteiger partial charge in [-0.1, -0.05) is 0 Å². The first kappa shape index (κ1) is 6.66. The van der Waals surface area contributed by atoms with Gasteiger partial charge in [-0.25, -0.2) is 4.98 Å². The molecule has 64 valence electrons. The fraction of sp³-hybridized carbons (Fsp3) is 0.667. The minimum Gasteiger partial charge on any atom is -0.346 e. The molecule has 1 heterocycles. The minimum absolute atomic E-state index is 0.181. The molecular weight excluding hydrogens is 150 g/mol. The Hall–Kier alpha value is -0.830. The van der Waals surface area contributed by atoms with Crippen molar-refractivity contribution in [3.8, 4) is 0 Å². The predicted octanol–water partition coefficient (Wildman–Crippen LogP) is 0.851. The van der Waals surface area contributed by atoms with Gasteiger partial charge in [0.1, 0.15) is 5.82 Å². The number of nitrogens with two attached hydrogens (primary N) is 1. The summed E-state index contributed by atoms with van der Waals surface area (Å²) in [6, 6.07) is 0. The zero-order valence-electron chi connectivity index (χ0n) is 7.22. The van der Waals surface area contributed by atoms with Gasteiger partial charge in [-0.2, -0.15) is 0 Å². The van der Waals surface area contributed by atoms with Gasteiger partial charge in [0, 0.05) is 22.8 Å². The standard InChI is InChI=1S/C9H13N3/c1-6-2-11-7(12-6)8-3-9(10,4-8)5-8/h2H,3-5,10H2,1H3,(H,11,12). The lowest BCUT2D eigenvalue weighted by atomic mass is 9.39. The lowest BCUT2D eigenvalue weighted by Crippen LogP contribution is -2.74. The van der Waals surface area contributed by atoms with Crippen LogP contribution in [-0.4, -0.2) is 15.5 Å². The summed E-state index contributed by atoms with van der Waals surface area (Å²) in [5, 5.41) is 0. The summed E-state index contributed by atoms with van der Waals surface area (Å²) < 4.78 is 0. The number of nitrogens with zero attached hydrogens (tertiary/aromatic N) is 1. The molecule has 0 amide bonds. The third-order valence-corrected chi connectivity index (χ3v) is 3.28. The number of hydrogen-bond acceptors (Lipinski definition) is 2. The van der Waals surface area contributed by atoms with E-state index in [0.29, 0.717) is 5.41 Å². The van der Waals surface area contributed by atoms with Gasteiger partial charge in [0.2, 0.25) is 0 Å². The van der Waals surface area contributed by atoms with Gasteiger partial charge >= 0.3 is 0 Å². The topological polar surface area (TPSA) is 54.7 Å². The zero-order chi connectivity index (χ0) is 8.40. The van der Waals surface area contributed by atoms with E-state index in [1.165, 1.54) is 0 Å². The molecule has 0 saturated heterocycles. The van der Waals surface area contributed by atoms with Crippen molar-refractivity contribution in [1.82, 2.24) is 9.97 Å². The van der Waals surface area contributed by atoms with E-state index in [0.717, 1.165) is 30.8 Å². The highest BCUT2D eigenvalue weighted by atomic mass is 15.0. The minimum atomic E-state index is 0.181. The Morgan fingerprint density at radius 1 is 1.50 bits per heavy atom. The van der Waals surface area contributed by atoms with Gasteiger partial charge in [0.25, 0.3) is 0 Å². The second kappa shape index (κ2) is 1.59. The predicted molar refractivity (Wildman–Crippen MR) is 45.8 cm³/mol. The van der Waals surface area contributed by atoms with Gasteiger partial charge < -0.3 is 10.7 Å². The molecule has 0 aliphatic heterocycles. The summed E-state index contributed by atoms with van der Waals surface area (Å²) in [7, 11) is 0. The molecule has 0 spiro atoms. The molecule has 3 aliphatic carbocycles. The summed E-state index contributed by atoms with van der Waals surface area (Å²) in [6.07, 6.45) is 5.30. The summed E-state index contributed by atoms with van der Waals surface area (Å²) in [6.45, 7) is 2.04. The van der Waals surface area contributed by atoms with Crippen LogP contribution in [-0.2, 0) is 5.41 Å². The van der Waals surface area contributed by atoms with Crippen LogP contribution in [0.2, 0.25) is 0 Å². The number of imidazole rings is 1. The monoisotopic (exact) mass is 163 g/mol. The first-order chi connectivity index (χ1) is 5.62. The molecule has 4 rings (SSSR count). The molecule has 2 bridgehead atoms. The van der Waals surface area contributed by atoms with Gasteiger partial charge in [-0.05, 0) is 26.2 Å². The average molecular weight is 163 g/mol. The third-order valence-electron chi connectivity index (χ3n) is 3.28. The van der Waals surface area contributed by atoms with E-state index in [-0.39, 0.29) is 5.54 Å². The Bertz CT molecular complexity index is 320. The van der Waals surface area contributed by atoms with Crippen LogP contribution in [0.25, 0.3) is 0 Å². The summed E-state index contributed by atoms with van der Waals surface area (Å²) in [5.41, 5.74) is 7.66. The first-order valence-electron chi connectivity index (χ1n) is 4.43. The molecule has 0 unspecified atom stereocenters. The quantitative estimate of drug-likeness (QED) is 0.645. The SMILES string of the molecule is Cc1cnc(C23CC(N)(C2)C3)[nH]1. The van der Waals surface area contributed by atoms with E-state index in [2.05, 4.69) is 9.97 Å². The number of aromatic amines is 1. The molecule has 0 atom stereocenters. The van der Waals surface area contributed by atoms with Crippen molar-refractivity contribution in [2.75, 3.05) is 0 Å². The fourth-order valence-corrected chi connectivity index (χ4v) is 2.80. The lowest BCUT2D eigenvalue weighted by Gasteiger charge is -2.67. The molecule has 3 fully saturated rings. The fourth-order valence-electron chi connectivity index (χ4n) is 2.80. The van der Waals surface area contributed by atoms with Crippen molar-refractivity contribution in [2.45, 2.75) is 37.1 Å². The summed E-state index contributed by atoms with van der Waals surface area (Å²) in [5.74, 6) is 1.16. The molecule has 0 aromatic carbocycles. The van der Waals surface area contributed by atoms with E-state index in [1.54, 1.807) is 0 Å². The average Bonchev–Trinajstić information content (AvgIpc) is 2.26. The molecule has 3 heteroatoms. The van der Waals surface area contributed by atoms with E-state index < -0.39 is 0 Å². The molecule has 3 aliphatic rings. The highest BCUT2D eigenvalue weighted by Crippen LogP contribution is 2.65. The van der Waals surface area contributed by atoms with Crippen LogP contribution in [0.5, 0.6) is 0 Å². The van der Waals surface area contributed by atoms with Gasteiger partial charge in [-0.15, -0.1) is 0 Å². The van der Waals surface area contributed by atoms with Crippen LogP contribution in [0.15, 0.2) is 6.20 Å². The van der Waals surface area contributed by atoms with E-state index in [9.17, 15) is 0 Å². The molecule has 3 saturated carbocycles. The normalized spacial score (nSPS) is 43.5. The largest absolute Gasteiger partial charge is 0.346 e. The number of aryl methyl sites for hydroxylation is 1. The Morgan fingerprint density at radius 3 is 2.58 bits per heavy atom. The molecule has 1 aromatic rings. The molecule has 0 radical (unpaired) electrons. The Labute approximate surface area is 71.4 Å². The van der Waals surface area contributed by atoms with Gasteiger partial charge in [-0.3, -0.25) is 0 Å². The van der Waals surface area contributed by atoms with E-state index >= 15 is 0 Å². The smallest absolute Gasteiger partial charge is 0.112 e. The van der Waals surface area contributed by atoms with Crippen LogP contribution in [0.1, 0.15) is 30.8 Å². The maximum Gasteiger partial charge on any atom is 0.112 e. The second-order valence-electron chi connectivity index (χ2n) is 4.59. The number of hydrogen-bond donors (Lipinski definition) is 2. The Balaban J connectivity index is 1.93. The van der Waals surface area contributed by atoms with Crippen LogP contribution >= 0.6 is 0 Å². The highest BCUT2D eigenvalue weighted by Gasteiger charge is 2.67. The third kappa shape index (κ3) is 0.591. The molecule has 12 heavy (non-hydrogen) atoms. The molecule has 3 N–H and O–H groups in total. The van der Waals surface area contributed by atoms with Crippen molar-refractivity contribution in [2.24, 2.45) is 5.73 Å². The number of rotatable bonds is 1. The summed E-state index contributed by atoms with van der Waals surface area (Å²) in [4.78, 5) is 7.67. The van der Waals surface area contributed by atoms with Gasteiger partial charge in [0.05, 0.1) is 0 Å². The number of aromatic nitrogens is 2. The van der Waals surface area contributed by atoms with E-state index in [1.807, 2.05) is 13.1 Å². The van der Waals surface area contributed by atoms with Crippen LogP contribution in [0.3, 0.4) is 0 Å². The lowest BCUT2D eigenvalue weighted by molar-refractivity contribution is -0.0647. The van der Waals surface area contributed by atoms with Crippen molar-refractivity contribution in [3.63, 3.8) is 0 Å². The number of nitrogens with one attached hydrogen (secondary N) is 1. The van der Waals surface area contributed by atoms with Crippen molar-refractivity contribution in [1.29, 1.82) is 0 Å². The first-order valence-corrected chi connectivity index (χ1v) is 4.43. The second-order valence-corrected chi connectivity index (χ2v) is 4.59. The van der Waals surface area contributed by atoms with Crippen molar-refractivity contribution >= 4 is 0 Å². The molecule has 1 aromatic heterocycles. The zero-order valence-corrected chi connectivity index (χ0v) is 7.22. The highest BCUT2D eigenvalue weighted by molar-refractivity contribution is 5.34. The Morgan fingerprint density at radius 2 is 2.17 bits per heavy atom. The summed E-state index contributed by atoms with van der Waals surface area (Å²) >= 11 is 0. The van der Waals surface area contributed by atoms with Crippen molar-refractivity contribution in [3.05, 3.63) is 17.7 Å².